The molecule has 0 aliphatic carbocycles. The van der Waals surface area contributed by atoms with Gasteiger partial charge in [-0.1, -0.05) is 54.1 Å². The van der Waals surface area contributed by atoms with Gasteiger partial charge in [0.25, 0.3) is 0 Å². The van der Waals surface area contributed by atoms with E-state index in [1.807, 2.05) is 36.4 Å². The summed E-state index contributed by atoms with van der Waals surface area (Å²) in [5.74, 6) is 0.455. The third kappa shape index (κ3) is 5.61. The Labute approximate surface area is 204 Å². The molecule has 0 saturated carbocycles. The van der Waals surface area contributed by atoms with Gasteiger partial charge in [0.2, 0.25) is 5.91 Å². The number of fused-ring (bicyclic) bond motifs is 1. The number of carbonyl (C=O) groups is 1. The van der Waals surface area contributed by atoms with Crippen LogP contribution in [0.4, 0.5) is 0 Å². The van der Waals surface area contributed by atoms with Crippen LogP contribution >= 0.6 is 11.6 Å². The Morgan fingerprint density at radius 1 is 0.971 bits per heavy atom. The van der Waals surface area contributed by atoms with Gasteiger partial charge in [0.15, 0.2) is 9.84 Å². The van der Waals surface area contributed by atoms with Crippen LogP contribution < -0.4 is 10.1 Å². The lowest BCUT2D eigenvalue weighted by molar-refractivity contribution is -0.121. The van der Waals surface area contributed by atoms with Gasteiger partial charge in [-0.2, -0.15) is 0 Å². The van der Waals surface area contributed by atoms with Gasteiger partial charge < -0.3 is 14.6 Å². The molecule has 34 heavy (non-hydrogen) atoms. The van der Waals surface area contributed by atoms with Crippen LogP contribution in [-0.4, -0.2) is 32.5 Å². The van der Waals surface area contributed by atoms with Crippen molar-refractivity contribution in [2.24, 2.45) is 0 Å². The summed E-state index contributed by atoms with van der Waals surface area (Å²) in [6, 6.07) is 21.7. The molecular weight excluding hydrogens is 472 g/mol. The molecule has 3 aromatic carbocycles. The fourth-order valence-electron chi connectivity index (χ4n) is 3.82. The molecule has 0 radical (unpaired) electrons. The molecule has 8 heteroatoms. The number of nitrogens with zero attached hydrogens (tertiary/aromatic N) is 1. The third-order valence-corrected chi connectivity index (χ3v) is 7.53. The maximum Gasteiger partial charge on any atom is 0.239 e. The summed E-state index contributed by atoms with van der Waals surface area (Å²) in [5, 5.41) is 4.06. The van der Waals surface area contributed by atoms with E-state index in [9.17, 15) is 13.2 Å². The van der Waals surface area contributed by atoms with E-state index in [4.69, 9.17) is 16.3 Å². The average molecular weight is 497 g/mol. The summed E-state index contributed by atoms with van der Waals surface area (Å²) in [5.41, 5.74) is 2.43. The molecule has 4 rings (SSSR count). The van der Waals surface area contributed by atoms with E-state index in [-0.39, 0.29) is 23.1 Å². The molecule has 0 unspecified atom stereocenters. The number of nitrogens with one attached hydrogen (secondary N) is 1. The van der Waals surface area contributed by atoms with Crippen LogP contribution in [0.5, 0.6) is 5.75 Å². The van der Waals surface area contributed by atoms with Crippen molar-refractivity contribution in [3.8, 4) is 5.75 Å². The van der Waals surface area contributed by atoms with Crippen molar-refractivity contribution in [1.82, 2.24) is 9.88 Å². The first-order valence-corrected chi connectivity index (χ1v) is 12.8. The number of halogens is 1. The van der Waals surface area contributed by atoms with E-state index in [1.54, 1.807) is 54.3 Å². The lowest BCUT2D eigenvalue weighted by Gasteiger charge is -2.08. The van der Waals surface area contributed by atoms with Gasteiger partial charge in [0.1, 0.15) is 12.3 Å². The van der Waals surface area contributed by atoms with E-state index in [2.05, 4.69) is 5.32 Å². The molecule has 1 heterocycles. The number of sulfone groups is 1. The van der Waals surface area contributed by atoms with Crippen molar-refractivity contribution >= 4 is 38.2 Å². The fraction of sp³-hybridized carbons (Fsp3) is 0.192. The predicted octanol–water partition coefficient (Wildman–Crippen LogP) is 4.64. The molecular formula is C26H25ClN2O4S. The zero-order chi connectivity index (χ0) is 24.1. The first-order chi connectivity index (χ1) is 16.4. The Bertz CT molecular complexity index is 1400. The first-order valence-electron chi connectivity index (χ1n) is 10.8. The number of aromatic nitrogens is 1. The summed E-state index contributed by atoms with van der Waals surface area (Å²) >= 11 is 5.92. The number of hydrogen-bond acceptors (Lipinski definition) is 4. The molecule has 0 aliphatic heterocycles. The highest BCUT2D eigenvalue weighted by Gasteiger charge is 2.22. The van der Waals surface area contributed by atoms with Gasteiger partial charge in [-0.05, 0) is 47.9 Å². The minimum Gasteiger partial charge on any atom is -0.497 e. The number of benzene rings is 3. The largest absolute Gasteiger partial charge is 0.497 e. The lowest BCUT2D eigenvalue weighted by atomic mass is 10.1. The van der Waals surface area contributed by atoms with Gasteiger partial charge in [0, 0.05) is 28.7 Å². The minimum absolute atomic E-state index is 0.0274. The maximum atomic E-state index is 13.2. The summed E-state index contributed by atoms with van der Waals surface area (Å²) in [6.07, 6.45) is 2.24. The zero-order valence-corrected chi connectivity index (χ0v) is 20.3. The van der Waals surface area contributed by atoms with E-state index < -0.39 is 9.84 Å². The maximum absolute atomic E-state index is 13.2. The molecule has 0 spiro atoms. The quantitative estimate of drug-likeness (QED) is 0.366. The van der Waals surface area contributed by atoms with Crippen LogP contribution in [0.1, 0.15) is 11.1 Å². The van der Waals surface area contributed by atoms with Crippen LogP contribution in [0.3, 0.4) is 0 Å². The zero-order valence-electron chi connectivity index (χ0n) is 18.7. The topological polar surface area (TPSA) is 77.4 Å². The molecule has 1 amide bonds. The number of ether oxygens (including phenoxy) is 1. The highest BCUT2D eigenvalue weighted by Crippen LogP contribution is 2.28. The first kappa shape index (κ1) is 23.9. The second-order valence-corrected chi connectivity index (χ2v) is 10.4. The van der Waals surface area contributed by atoms with Crippen molar-refractivity contribution in [2.75, 3.05) is 13.7 Å². The molecule has 176 valence electrons. The van der Waals surface area contributed by atoms with Crippen LogP contribution in [0.2, 0.25) is 5.02 Å². The normalized spacial score (nSPS) is 11.5. The van der Waals surface area contributed by atoms with Gasteiger partial charge in [-0.15, -0.1) is 0 Å². The number of methoxy groups -OCH3 is 1. The van der Waals surface area contributed by atoms with E-state index in [0.29, 0.717) is 34.5 Å². The Kier molecular flexibility index (Phi) is 7.24. The standard InChI is InChI=1S/C26H25ClN2O4S/c1-33-22-12-8-19(9-13-22)14-15-28-26(30)17-29-16-25(23-4-2-3-5-24(23)29)34(31,32)18-20-6-10-21(27)11-7-20/h2-13,16H,14-15,17-18H2,1H3,(H,28,30). The van der Waals surface area contributed by atoms with Gasteiger partial charge in [0.05, 0.1) is 17.8 Å². The summed E-state index contributed by atoms with van der Waals surface area (Å²) in [7, 11) is -2.01. The highest BCUT2D eigenvalue weighted by molar-refractivity contribution is 7.90. The third-order valence-electron chi connectivity index (χ3n) is 5.57. The molecule has 0 aliphatic rings. The summed E-state index contributed by atoms with van der Waals surface area (Å²) in [6.45, 7) is 0.506. The second-order valence-electron chi connectivity index (χ2n) is 7.97. The SMILES string of the molecule is COc1ccc(CCNC(=O)Cn2cc(S(=O)(=O)Cc3ccc(Cl)cc3)c3ccccc32)cc1. The van der Waals surface area contributed by atoms with Gasteiger partial charge in [-0.3, -0.25) is 4.79 Å². The van der Waals surface area contributed by atoms with Crippen molar-refractivity contribution < 1.29 is 17.9 Å². The Balaban J connectivity index is 1.47. The monoisotopic (exact) mass is 496 g/mol. The molecule has 4 aromatic rings. The van der Waals surface area contributed by atoms with Gasteiger partial charge in [-0.25, -0.2) is 8.42 Å². The molecule has 1 N–H and O–H groups in total. The Morgan fingerprint density at radius 3 is 2.35 bits per heavy atom. The van der Waals surface area contributed by atoms with E-state index in [1.165, 1.54) is 0 Å². The highest BCUT2D eigenvalue weighted by atomic mass is 35.5. The van der Waals surface area contributed by atoms with Crippen molar-refractivity contribution in [3.05, 3.63) is 95.1 Å². The minimum atomic E-state index is -3.63. The number of amides is 1. The average Bonchev–Trinajstić information content (AvgIpc) is 3.20. The predicted molar refractivity (Wildman–Crippen MR) is 134 cm³/mol. The number of rotatable bonds is 9. The number of carbonyl (C=O) groups excluding carboxylic acids is 1. The Hall–Kier alpha value is -3.29. The summed E-state index contributed by atoms with van der Waals surface area (Å²) in [4.78, 5) is 12.8. The van der Waals surface area contributed by atoms with Gasteiger partial charge >= 0.3 is 0 Å². The second kappa shape index (κ2) is 10.3. The van der Waals surface area contributed by atoms with E-state index in [0.717, 1.165) is 11.3 Å². The van der Waals surface area contributed by atoms with Crippen LogP contribution in [0, 0.1) is 0 Å². The van der Waals surface area contributed by atoms with Crippen molar-refractivity contribution in [3.63, 3.8) is 0 Å². The number of hydrogen-bond donors (Lipinski definition) is 1. The van der Waals surface area contributed by atoms with Crippen molar-refractivity contribution in [1.29, 1.82) is 0 Å². The molecule has 1 aromatic heterocycles. The Morgan fingerprint density at radius 2 is 1.65 bits per heavy atom. The van der Waals surface area contributed by atoms with Crippen LogP contribution in [0.15, 0.2) is 83.9 Å². The number of para-hydroxylation sites is 1. The lowest BCUT2D eigenvalue weighted by Crippen LogP contribution is -2.29. The molecule has 0 fully saturated rings. The smallest absolute Gasteiger partial charge is 0.239 e. The summed E-state index contributed by atoms with van der Waals surface area (Å²) < 4.78 is 33.3. The molecule has 0 bridgehead atoms. The fourth-order valence-corrected chi connectivity index (χ4v) is 5.53. The van der Waals surface area contributed by atoms with Crippen LogP contribution in [-0.2, 0) is 33.4 Å². The molecule has 0 saturated heterocycles. The van der Waals surface area contributed by atoms with E-state index >= 15 is 0 Å². The molecule has 0 atom stereocenters. The van der Waals surface area contributed by atoms with Crippen LogP contribution in [0.25, 0.3) is 10.9 Å². The van der Waals surface area contributed by atoms with Crippen molar-refractivity contribution in [2.45, 2.75) is 23.6 Å². The molecule has 6 nitrogen and oxygen atoms in total.